The fourth-order valence-corrected chi connectivity index (χ4v) is 2.81. The van der Waals surface area contributed by atoms with Crippen LogP contribution in [-0.4, -0.2) is 22.8 Å². The third-order valence-corrected chi connectivity index (χ3v) is 4.36. The first-order chi connectivity index (χ1) is 13.8. The Morgan fingerprint density at radius 3 is 2.48 bits per heavy atom. The van der Waals surface area contributed by atoms with E-state index in [9.17, 15) is 18.4 Å². The number of aryl methyl sites for hydroxylation is 1. The Kier molecular flexibility index (Phi) is 5.72. The SMILES string of the molecule is COc1cccc(-c2cc(C)c(=O)n(C(C)C(=O)Nc3cc(F)cc(F)c3)n2)c1. The zero-order valence-corrected chi connectivity index (χ0v) is 16.1. The van der Waals surface area contributed by atoms with E-state index in [4.69, 9.17) is 4.74 Å². The van der Waals surface area contributed by atoms with E-state index in [0.717, 1.165) is 16.8 Å². The van der Waals surface area contributed by atoms with Gasteiger partial charge in [0.15, 0.2) is 0 Å². The number of carbonyl (C=O) groups is 1. The predicted octanol–water partition coefficient (Wildman–Crippen LogP) is 3.71. The molecule has 0 bridgehead atoms. The highest BCUT2D eigenvalue weighted by Crippen LogP contribution is 2.22. The molecule has 0 saturated carbocycles. The highest BCUT2D eigenvalue weighted by Gasteiger charge is 2.20. The number of anilines is 1. The van der Waals surface area contributed by atoms with Crippen LogP contribution < -0.4 is 15.6 Å². The van der Waals surface area contributed by atoms with E-state index in [0.29, 0.717) is 28.6 Å². The molecular formula is C21H19F2N3O3. The van der Waals surface area contributed by atoms with Gasteiger partial charge in [0.05, 0.1) is 12.8 Å². The third kappa shape index (κ3) is 4.48. The summed E-state index contributed by atoms with van der Waals surface area (Å²) < 4.78 is 33.0. The Bertz CT molecular complexity index is 1110. The van der Waals surface area contributed by atoms with Crippen LogP contribution in [0.2, 0.25) is 0 Å². The van der Waals surface area contributed by atoms with Crippen molar-refractivity contribution in [3.63, 3.8) is 0 Å². The number of amides is 1. The molecule has 1 heterocycles. The number of nitrogens with one attached hydrogen (secondary N) is 1. The molecule has 8 heteroatoms. The normalized spacial score (nSPS) is 11.8. The van der Waals surface area contributed by atoms with Crippen molar-refractivity contribution in [3.8, 4) is 17.0 Å². The minimum atomic E-state index is -1.02. The van der Waals surface area contributed by atoms with Crippen molar-refractivity contribution < 1.29 is 18.3 Å². The monoisotopic (exact) mass is 399 g/mol. The third-order valence-electron chi connectivity index (χ3n) is 4.36. The number of hydrogen-bond acceptors (Lipinski definition) is 4. The number of nitrogens with zero attached hydrogens (tertiary/aromatic N) is 2. The first kappa shape index (κ1) is 20.2. The fourth-order valence-electron chi connectivity index (χ4n) is 2.81. The molecule has 0 aliphatic heterocycles. The highest BCUT2D eigenvalue weighted by atomic mass is 19.1. The van der Waals surface area contributed by atoms with Crippen molar-refractivity contribution in [3.05, 3.63) is 76.1 Å². The topological polar surface area (TPSA) is 73.2 Å². The number of benzene rings is 2. The average molecular weight is 399 g/mol. The molecular weight excluding hydrogens is 380 g/mol. The molecule has 1 aromatic heterocycles. The summed E-state index contributed by atoms with van der Waals surface area (Å²) >= 11 is 0. The first-order valence-corrected chi connectivity index (χ1v) is 8.80. The van der Waals surface area contributed by atoms with Gasteiger partial charge in [-0.2, -0.15) is 5.10 Å². The van der Waals surface area contributed by atoms with Crippen molar-refractivity contribution in [1.82, 2.24) is 9.78 Å². The molecule has 1 atom stereocenters. The molecule has 1 unspecified atom stereocenters. The van der Waals surface area contributed by atoms with Crippen LogP contribution in [0.4, 0.5) is 14.5 Å². The van der Waals surface area contributed by atoms with E-state index in [2.05, 4.69) is 10.4 Å². The number of halogens is 2. The van der Waals surface area contributed by atoms with E-state index in [-0.39, 0.29) is 5.69 Å². The van der Waals surface area contributed by atoms with Gasteiger partial charge in [-0.1, -0.05) is 12.1 Å². The molecule has 0 spiro atoms. The van der Waals surface area contributed by atoms with Crippen molar-refractivity contribution in [1.29, 1.82) is 0 Å². The largest absolute Gasteiger partial charge is 0.497 e. The molecule has 1 amide bonds. The summed E-state index contributed by atoms with van der Waals surface area (Å²) in [6.07, 6.45) is 0. The second-order valence-electron chi connectivity index (χ2n) is 6.52. The van der Waals surface area contributed by atoms with E-state index >= 15 is 0 Å². The lowest BCUT2D eigenvalue weighted by Gasteiger charge is -2.16. The smallest absolute Gasteiger partial charge is 0.270 e. The van der Waals surface area contributed by atoms with Crippen LogP contribution >= 0.6 is 0 Å². The van der Waals surface area contributed by atoms with Gasteiger partial charge >= 0.3 is 0 Å². The lowest BCUT2D eigenvalue weighted by molar-refractivity contribution is -0.119. The Balaban J connectivity index is 1.95. The Morgan fingerprint density at radius 2 is 1.83 bits per heavy atom. The maximum absolute atomic E-state index is 13.4. The van der Waals surface area contributed by atoms with E-state index < -0.39 is 29.1 Å². The molecule has 0 saturated heterocycles. The quantitative estimate of drug-likeness (QED) is 0.710. The fraction of sp³-hybridized carbons (Fsp3) is 0.190. The molecule has 3 rings (SSSR count). The maximum atomic E-state index is 13.4. The number of rotatable bonds is 5. The molecule has 0 aliphatic rings. The number of aromatic nitrogens is 2. The van der Waals surface area contributed by atoms with Gasteiger partial charge in [0.2, 0.25) is 5.91 Å². The zero-order valence-electron chi connectivity index (χ0n) is 16.1. The van der Waals surface area contributed by atoms with Crippen molar-refractivity contribution >= 4 is 11.6 Å². The van der Waals surface area contributed by atoms with Gasteiger partial charge in [-0.15, -0.1) is 0 Å². The van der Waals surface area contributed by atoms with Gasteiger partial charge < -0.3 is 10.1 Å². The van der Waals surface area contributed by atoms with Crippen LogP contribution in [0, 0.1) is 18.6 Å². The molecule has 3 aromatic rings. The number of hydrogen-bond donors (Lipinski definition) is 1. The second-order valence-corrected chi connectivity index (χ2v) is 6.52. The Morgan fingerprint density at radius 1 is 1.14 bits per heavy atom. The Hall–Kier alpha value is -3.55. The van der Waals surface area contributed by atoms with Gasteiger partial charge in [0.25, 0.3) is 5.56 Å². The summed E-state index contributed by atoms with van der Waals surface area (Å²) in [6.45, 7) is 3.10. The van der Waals surface area contributed by atoms with Gasteiger partial charge in [0.1, 0.15) is 23.4 Å². The molecule has 0 radical (unpaired) electrons. The van der Waals surface area contributed by atoms with Gasteiger partial charge in [-0.25, -0.2) is 13.5 Å². The van der Waals surface area contributed by atoms with E-state index in [1.165, 1.54) is 6.92 Å². The second kappa shape index (κ2) is 8.22. The lowest BCUT2D eigenvalue weighted by Crippen LogP contribution is -2.34. The van der Waals surface area contributed by atoms with Crippen LogP contribution in [0.5, 0.6) is 5.75 Å². The molecule has 6 nitrogen and oxygen atoms in total. The van der Waals surface area contributed by atoms with Crippen LogP contribution in [0.1, 0.15) is 18.5 Å². The summed E-state index contributed by atoms with van der Waals surface area (Å²) in [5.74, 6) is -1.65. The summed E-state index contributed by atoms with van der Waals surface area (Å²) in [7, 11) is 1.54. The minimum Gasteiger partial charge on any atom is -0.497 e. The summed E-state index contributed by atoms with van der Waals surface area (Å²) in [5.41, 5.74) is 1.10. The van der Waals surface area contributed by atoms with Crippen LogP contribution in [0.15, 0.2) is 53.3 Å². The Labute approximate surface area is 165 Å². The highest BCUT2D eigenvalue weighted by molar-refractivity contribution is 5.93. The molecule has 0 aliphatic carbocycles. The van der Waals surface area contributed by atoms with Crippen LogP contribution in [0.25, 0.3) is 11.3 Å². The first-order valence-electron chi connectivity index (χ1n) is 8.80. The predicted molar refractivity (Wildman–Crippen MR) is 105 cm³/mol. The zero-order chi connectivity index (χ0) is 21.1. The van der Waals surface area contributed by atoms with E-state index in [1.807, 2.05) is 0 Å². The molecule has 29 heavy (non-hydrogen) atoms. The molecule has 2 aromatic carbocycles. The van der Waals surface area contributed by atoms with Crippen molar-refractivity contribution in [2.75, 3.05) is 12.4 Å². The van der Waals surface area contributed by atoms with Crippen molar-refractivity contribution in [2.24, 2.45) is 0 Å². The number of carbonyl (C=O) groups excluding carboxylic acids is 1. The van der Waals surface area contributed by atoms with E-state index in [1.54, 1.807) is 44.4 Å². The minimum absolute atomic E-state index is 0.0481. The van der Waals surface area contributed by atoms with Crippen molar-refractivity contribution in [2.45, 2.75) is 19.9 Å². The molecule has 150 valence electrons. The summed E-state index contributed by atoms with van der Waals surface area (Å²) in [5, 5.41) is 6.72. The standard InChI is InChI=1S/C21H19F2N3O3/c1-12-7-19(14-5-4-6-18(8-14)29-3)25-26(21(12)28)13(2)20(27)24-17-10-15(22)9-16(23)11-17/h4-11,13H,1-3H3,(H,24,27). The maximum Gasteiger partial charge on any atom is 0.270 e. The molecule has 0 fully saturated rings. The number of methoxy groups -OCH3 is 1. The van der Waals surface area contributed by atoms with Gasteiger partial charge in [-0.05, 0) is 44.2 Å². The number of ether oxygens (including phenoxy) is 1. The van der Waals surface area contributed by atoms with Gasteiger partial charge in [-0.3, -0.25) is 9.59 Å². The summed E-state index contributed by atoms with van der Waals surface area (Å²) in [6, 6.07) is 10.4. The lowest BCUT2D eigenvalue weighted by atomic mass is 10.1. The van der Waals surface area contributed by atoms with Gasteiger partial charge in [0, 0.05) is 22.9 Å². The summed E-state index contributed by atoms with van der Waals surface area (Å²) in [4.78, 5) is 25.1. The average Bonchev–Trinajstić information content (AvgIpc) is 2.68. The van der Waals surface area contributed by atoms with Crippen LogP contribution in [0.3, 0.4) is 0 Å². The van der Waals surface area contributed by atoms with Crippen LogP contribution in [-0.2, 0) is 4.79 Å². The molecule has 1 N–H and O–H groups in total.